The standard InChI is InChI=1S/C14H19N3/c1-3-12-5-7-13(8-6-12)15-11-14-9-10-16-17(14)4-2/h5-10,15H,3-4,11H2,1-2H3. The molecule has 0 saturated heterocycles. The van der Waals surface area contributed by atoms with Gasteiger partial charge in [0.2, 0.25) is 0 Å². The van der Waals surface area contributed by atoms with Crippen molar-refractivity contribution in [3.63, 3.8) is 0 Å². The molecule has 0 saturated carbocycles. The maximum Gasteiger partial charge on any atom is 0.0575 e. The maximum absolute atomic E-state index is 4.25. The van der Waals surface area contributed by atoms with Crippen molar-refractivity contribution >= 4 is 5.69 Å². The van der Waals surface area contributed by atoms with Crippen LogP contribution in [0.1, 0.15) is 25.1 Å². The Morgan fingerprint density at radius 3 is 2.53 bits per heavy atom. The van der Waals surface area contributed by atoms with Crippen molar-refractivity contribution in [1.29, 1.82) is 0 Å². The summed E-state index contributed by atoms with van der Waals surface area (Å²) in [5, 5.41) is 7.66. The second-order valence-corrected chi connectivity index (χ2v) is 4.04. The molecule has 1 aromatic heterocycles. The Morgan fingerprint density at radius 1 is 1.12 bits per heavy atom. The highest BCUT2D eigenvalue weighted by molar-refractivity contribution is 5.44. The second kappa shape index (κ2) is 5.53. The molecule has 1 N–H and O–H groups in total. The molecule has 17 heavy (non-hydrogen) atoms. The summed E-state index contributed by atoms with van der Waals surface area (Å²) >= 11 is 0. The number of nitrogens with zero attached hydrogens (tertiary/aromatic N) is 2. The number of anilines is 1. The molecule has 0 bridgehead atoms. The van der Waals surface area contributed by atoms with E-state index in [1.807, 2.05) is 10.9 Å². The second-order valence-electron chi connectivity index (χ2n) is 4.04. The van der Waals surface area contributed by atoms with Crippen molar-refractivity contribution in [1.82, 2.24) is 9.78 Å². The van der Waals surface area contributed by atoms with Crippen LogP contribution in [0.4, 0.5) is 5.69 Å². The highest BCUT2D eigenvalue weighted by Crippen LogP contribution is 2.11. The Labute approximate surface area is 102 Å². The van der Waals surface area contributed by atoms with E-state index in [9.17, 15) is 0 Å². The number of aryl methyl sites for hydroxylation is 2. The molecule has 0 atom stereocenters. The topological polar surface area (TPSA) is 29.9 Å². The number of benzene rings is 1. The zero-order valence-electron chi connectivity index (χ0n) is 10.5. The van der Waals surface area contributed by atoms with Crippen LogP contribution in [0, 0.1) is 0 Å². The smallest absolute Gasteiger partial charge is 0.0575 e. The lowest BCUT2D eigenvalue weighted by molar-refractivity contribution is 0.627. The summed E-state index contributed by atoms with van der Waals surface area (Å²) in [4.78, 5) is 0. The van der Waals surface area contributed by atoms with Gasteiger partial charge in [-0.05, 0) is 37.1 Å². The quantitative estimate of drug-likeness (QED) is 0.854. The first-order chi connectivity index (χ1) is 8.33. The van der Waals surface area contributed by atoms with Crippen LogP contribution in [-0.2, 0) is 19.5 Å². The third-order valence-corrected chi connectivity index (χ3v) is 2.94. The van der Waals surface area contributed by atoms with Gasteiger partial charge in [0, 0.05) is 18.4 Å². The maximum atomic E-state index is 4.25. The predicted molar refractivity (Wildman–Crippen MR) is 71.0 cm³/mol. The lowest BCUT2D eigenvalue weighted by Crippen LogP contribution is -2.07. The zero-order valence-corrected chi connectivity index (χ0v) is 10.5. The summed E-state index contributed by atoms with van der Waals surface area (Å²) in [6.45, 7) is 6.01. The molecule has 0 aliphatic heterocycles. The number of hydrogen-bond acceptors (Lipinski definition) is 2. The Hall–Kier alpha value is -1.77. The van der Waals surface area contributed by atoms with Crippen LogP contribution >= 0.6 is 0 Å². The first-order valence-electron chi connectivity index (χ1n) is 6.17. The Kier molecular flexibility index (Phi) is 3.81. The fourth-order valence-electron chi connectivity index (χ4n) is 1.85. The summed E-state index contributed by atoms with van der Waals surface area (Å²) in [5.41, 5.74) is 3.74. The van der Waals surface area contributed by atoms with Gasteiger partial charge in [-0.3, -0.25) is 4.68 Å². The molecule has 0 spiro atoms. The third-order valence-electron chi connectivity index (χ3n) is 2.94. The third kappa shape index (κ3) is 2.87. The molecule has 1 heterocycles. The molecule has 3 nitrogen and oxygen atoms in total. The van der Waals surface area contributed by atoms with Crippen molar-refractivity contribution < 1.29 is 0 Å². The lowest BCUT2D eigenvalue weighted by atomic mass is 10.1. The minimum absolute atomic E-state index is 0.819. The zero-order chi connectivity index (χ0) is 12.1. The van der Waals surface area contributed by atoms with Crippen LogP contribution in [0.5, 0.6) is 0 Å². The van der Waals surface area contributed by atoms with E-state index < -0.39 is 0 Å². The minimum Gasteiger partial charge on any atom is -0.379 e. The summed E-state index contributed by atoms with van der Waals surface area (Å²) in [5.74, 6) is 0. The molecule has 0 unspecified atom stereocenters. The Bertz CT molecular complexity index is 457. The molecule has 2 aromatic rings. The van der Waals surface area contributed by atoms with Crippen LogP contribution in [0.15, 0.2) is 36.5 Å². The van der Waals surface area contributed by atoms with Gasteiger partial charge in [-0.25, -0.2) is 0 Å². The number of aromatic nitrogens is 2. The van der Waals surface area contributed by atoms with E-state index >= 15 is 0 Å². The van der Waals surface area contributed by atoms with Gasteiger partial charge in [-0.1, -0.05) is 19.1 Å². The molecule has 0 amide bonds. The van der Waals surface area contributed by atoms with Gasteiger partial charge in [-0.2, -0.15) is 5.10 Å². The fraction of sp³-hybridized carbons (Fsp3) is 0.357. The summed E-state index contributed by atoms with van der Waals surface area (Å²) in [6.07, 6.45) is 2.93. The molecule has 90 valence electrons. The molecular weight excluding hydrogens is 210 g/mol. The van der Waals surface area contributed by atoms with Gasteiger partial charge >= 0.3 is 0 Å². The van der Waals surface area contributed by atoms with Crippen molar-refractivity contribution in [3.8, 4) is 0 Å². The number of hydrogen-bond donors (Lipinski definition) is 1. The SMILES string of the molecule is CCc1ccc(NCc2ccnn2CC)cc1. The van der Waals surface area contributed by atoms with E-state index in [1.165, 1.54) is 11.3 Å². The molecule has 0 radical (unpaired) electrons. The number of nitrogens with one attached hydrogen (secondary N) is 1. The molecular formula is C14H19N3. The van der Waals surface area contributed by atoms with E-state index in [0.717, 1.165) is 25.2 Å². The molecule has 3 heteroatoms. The lowest BCUT2D eigenvalue weighted by Gasteiger charge is -2.08. The van der Waals surface area contributed by atoms with E-state index in [0.29, 0.717) is 0 Å². The minimum atomic E-state index is 0.819. The van der Waals surface area contributed by atoms with Crippen molar-refractivity contribution in [2.75, 3.05) is 5.32 Å². The largest absolute Gasteiger partial charge is 0.379 e. The van der Waals surface area contributed by atoms with E-state index in [2.05, 4.69) is 54.6 Å². The first kappa shape index (κ1) is 11.7. The first-order valence-corrected chi connectivity index (χ1v) is 6.17. The van der Waals surface area contributed by atoms with Crippen LogP contribution in [0.3, 0.4) is 0 Å². The molecule has 1 aromatic carbocycles. The summed E-state index contributed by atoms with van der Waals surface area (Å²) in [6, 6.07) is 10.6. The van der Waals surface area contributed by atoms with E-state index in [1.54, 1.807) is 0 Å². The van der Waals surface area contributed by atoms with Crippen LogP contribution in [0.25, 0.3) is 0 Å². The average Bonchev–Trinajstić information content (AvgIpc) is 2.84. The summed E-state index contributed by atoms with van der Waals surface area (Å²) in [7, 11) is 0. The highest BCUT2D eigenvalue weighted by atomic mass is 15.3. The van der Waals surface area contributed by atoms with Crippen molar-refractivity contribution in [2.24, 2.45) is 0 Å². The van der Waals surface area contributed by atoms with E-state index in [4.69, 9.17) is 0 Å². The normalized spacial score (nSPS) is 10.5. The average molecular weight is 229 g/mol. The van der Waals surface area contributed by atoms with E-state index in [-0.39, 0.29) is 0 Å². The monoisotopic (exact) mass is 229 g/mol. The Balaban J connectivity index is 1.97. The van der Waals surface area contributed by atoms with Gasteiger partial charge in [0.05, 0.1) is 12.2 Å². The van der Waals surface area contributed by atoms with Crippen LogP contribution in [0.2, 0.25) is 0 Å². The highest BCUT2D eigenvalue weighted by Gasteiger charge is 2.00. The van der Waals surface area contributed by atoms with Gasteiger partial charge in [0.1, 0.15) is 0 Å². The predicted octanol–water partition coefficient (Wildman–Crippen LogP) is 3.08. The van der Waals surface area contributed by atoms with Crippen LogP contribution in [-0.4, -0.2) is 9.78 Å². The summed E-state index contributed by atoms with van der Waals surface area (Å²) < 4.78 is 2.01. The van der Waals surface area contributed by atoms with Gasteiger partial charge in [0.25, 0.3) is 0 Å². The molecule has 0 fully saturated rings. The number of rotatable bonds is 5. The molecule has 2 rings (SSSR count). The molecule has 0 aliphatic carbocycles. The van der Waals surface area contributed by atoms with Crippen molar-refractivity contribution in [2.45, 2.75) is 33.4 Å². The van der Waals surface area contributed by atoms with Crippen molar-refractivity contribution in [3.05, 3.63) is 47.8 Å². The fourth-order valence-corrected chi connectivity index (χ4v) is 1.85. The van der Waals surface area contributed by atoms with Crippen LogP contribution < -0.4 is 5.32 Å². The Morgan fingerprint density at radius 2 is 1.88 bits per heavy atom. The molecule has 0 aliphatic rings. The van der Waals surface area contributed by atoms with Gasteiger partial charge < -0.3 is 5.32 Å². The van der Waals surface area contributed by atoms with Gasteiger partial charge in [0.15, 0.2) is 0 Å². The van der Waals surface area contributed by atoms with Gasteiger partial charge in [-0.15, -0.1) is 0 Å².